The van der Waals surface area contributed by atoms with Gasteiger partial charge >= 0.3 is 6.18 Å². The first kappa shape index (κ1) is 39.9. The first-order chi connectivity index (χ1) is 27.1. The minimum absolute atomic E-state index is 0.305. The predicted molar refractivity (Wildman–Crippen MR) is 233 cm³/mol. The second kappa shape index (κ2) is 14.9. The van der Waals surface area contributed by atoms with E-state index in [4.69, 9.17) is 0 Å². The van der Waals surface area contributed by atoms with Gasteiger partial charge in [0.15, 0.2) is 0 Å². The van der Waals surface area contributed by atoms with Crippen molar-refractivity contribution >= 4 is 22.7 Å². The molecule has 6 aromatic rings. The maximum absolute atomic E-state index is 13.7. The molecule has 0 aromatic heterocycles. The molecule has 0 aliphatic heterocycles. The van der Waals surface area contributed by atoms with Crippen LogP contribution in [-0.4, -0.2) is 0 Å². The molecule has 1 unspecified atom stereocenters. The highest BCUT2D eigenvalue weighted by Crippen LogP contribution is 2.53. The summed E-state index contributed by atoms with van der Waals surface area (Å²) in [5.41, 5.74) is 13.2. The third-order valence-corrected chi connectivity index (χ3v) is 12.9. The molecule has 6 aromatic carbocycles. The predicted octanol–water partition coefficient (Wildman–Crippen LogP) is 15.3. The number of alkyl halides is 3. The fraction of sp³-hybridized carbons (Fsp3) is 0.308. The number of fused-ring (bicyclic) bond motifs is 3. The number of halogens is 3. The summed E-state index contributed by atoms with van der Waals surface area (Å²) in [7, 11) is 0. The summed E-state index contributed by atoms with van der Waals surface area (Å²) in [6.07, 6.45) is -1.86. The van der Waals surface area contributed by atoms with Crippen LogP contribution < -0.4 is 9.80 Å². The summed E-state index contributed by atoms with van der Waals surface area (Å²) in [5, 5.41) is 0. The summed E-state index contributed by atoms with van der Waals surface area (Å²) in [5.74, 6) is 0. The number of anilines is 4. The minimum atomic E-state index is -4.41. The van der Waals surface area contributed by atoms with Gasteiger partial charge in [-0.3, -0.25) is 0 Å². The fourth-order valence-corrected chi connectivity index (χ4v) is 9.20. The number of hydrogen-bond acceptors (Lipinski definition) is 2. The van der Waals surface area contributed by atoms with Crippen LogP contribution in [0.15, 0.2) is 133 Å². The van der Waals surface area contributed by atoms with Gasteiger partial charge in [-0.05, 0) is 141 Å². The van der Waals surface area contributed by atoms with Gasteiger partial charge in [0.05, 0.1) is 16.6 Å². The Morgan fingerprint density at radius 3 is 1.19 bits per heavy atom. The molecule has 0 saturated carbocycles. The van der Waals surface area contributed by atoms with E-state index in [2.05, 4.69) is 174 Å². The van der Waals surface area contributed by atoms with Crippen LogP contribution >= 0.6 is 0 Å². The van der Waals surface area contributed by atoms with E-state index >= 15 is 0 Å². The lowest BCUT2D eigenvalue weighted by Gasteiger charge is -2.46. The summed E-state index contributed by atoms with van der Waals surface area (Å²) in [6.45, 7) is 20.0. The molecule has 0 N–H and O–H groups in total. The lowest BCUT2D eigenvalue weighted by atomic mass is 9.76. The van der Waals surface area contributed by atoms with Crippen molar-refractivity contribution in [2.45, 2.75) is 104 Å². The largest absolute Gasteiger partial charge is 0.416 e. The lowest BCUT2D eigenvalue weighted by Crippen LogP contribution is -2.43. The highest BCUT2D eigenvalue weighted by Gasteiger charge is 2.43. The van der Waals surface area contributed by atoms with Gasteiger partial charge in [-0.1, -0.05) is 124 Å². The number of hydrogen-bond donors (Lipinski definition) is 0. The molecule has 1 atom stereocenters. The molecule has 0 heterocycles. The second-order valence-corrected chi connectivity index (χ2v) is 16.7. The topological polar surface area (TPSA) is 6.48 Å². The number of aryl methyl sites for hydroxylation is 3. The number of benzene rings is 6. The molecular formula is C52H55F3N2. The molecule has 0 saturated heterocycles. The Labute approximate surface area is 338 Å². The molecule has 1 aliphatic rings. The van der Waals surface area contributed by atoms with E-state index in [0.717, 1.165) is 36.1 Å². The monoisotopic (exact) mass is 764 g/mol. The van der Waals surface area contributed by atoms with Gasteiger partial charge < -0.3 is 9.80 Å². The number of nitrogens with zero attached hydrogens (tertiary/aromatic N) is 2. The van der Waals surface area contributed by atoms with Crippen molar-refractivity contribution in [3.05, 3.63) is 178 Å². The van der Waals surface area contributed by atoms with Crippen molar-refractivity contribution in [1.82, 2.24) is 0 Å². The van der Waals surface area contributed by atoms with Crippen LogP contribution in [0.3, 0.4) is 0 Å². The summed E-state index contributed by atoms with van der Waals surface area (Å²) < 4.78 is 41.1. The second-order valence-electron chi connectivity index (χ2n) is 16.7. The average molecular weight is 765 g/mol. The summed E-state index contributed by atoms with van der Waals surface area (Å²) in [6, 6.07) is 45.7. The van der Waals surface area contributed by atoms with E-state index in [1.54, 1.807) is 12.1 Å². The molecule has 0 amide bonds. The molecule has 2 nitrogen and oxygen atoms in total. The van der Waals surface area contributed by atoms with Gasteiger partial charge in [0.1, 0.15) is 0 Å². The Hall–Kier alpha value is -5.29. The highest BCUT2D eigenvalue weighted by atomic mass is 19.4. The van der Waals surface area contributed by atoms with Crippen LogP contribution in [0, 0.1) is 20.8 Å². The van der Waals surface area contributed by atoms with E-state index in [1.165, 1.54) is 62.5 Å². The maximum atomic E-state index is 13.7. The Balaban J connectivity index is 1.34. The van der Waals surface area contributed by atoms with E-state index in [9.17, 15) is 13.2 Å². The molecular weight excluding hydrogens is 710 g/mol. The Kier molecular flexibility index (Phi) is 10.4. The first-order valence-corrected chi connectivity index (χ1v) is 20.4. The van der Waals surface area contributed by atoms with Gasteiger partial charge in [-0.25, -0.2) is 0 Å². The minimum Gasteiger partial charge on any atom is -0.331 e. The standard InChI is InChI=1S/C52H55F3N2/c1-10-50(9,56(41-23-13-35(4)14-24-41)42-29-19-38(20-30-42)52(53,54)55)39-21-31-45-46-32-22-40(34-48(46)49(7,8)47(45)33-39)51(11-2,12-3)57(43-25-15-36(5)16-26-43)44-27-17-37(6)18-28-44/h13-34H,10-12H2,1-9H3. The third kappa shape index (κ3) is 6.94. The van der Waals surface area contributed by atoms with Crippen LogP contribution in [-0.2, 0) is 22.7 Å². The molecule has 0 radical (unpaired) electrons. The summed E-state index contributed by atoms with van der Waals surface area (Å²) >= 11 is 0. The zero-order chi connectivity index (χ0) is 40.9. The Morgan fingerprint density at radius 2 is 0.807 bits per heavy atom. The first-order valence-electron chi connectivity index (χ1n) is 20.4. The molecule has 7 rings (SSSR count). The highest BCUT2D eigenvalue weighted by molar-refractivity contribution is 5.82. The molecule has 294 valence electrons. The quantitative estimate of drug-likeness (QED) is 0.130. The van der Waals surface area contributed by atoms with Crippen molar-refractivity contribution in [3.63, 3.8) is 0 Å². The SMILES string of the molecule is CCC(C)(c1ccc2c(c1)C(C)(C)c1cc(C(CC)(CC)N(c3ccc(C)cc3)c3ccc(C)cc3)ccc1-2)N(c1ccc(C)cc1)c1ccc(C(F)(F)F)cc1. The van der Waals surface area contributed by atoms with Crippen LogP contribution in [0.2, 0.25) is 0 Å². The van der Waals surface area contributed by atoms with Crippen molar-refractivity contribution in [3.8, 4) is 11.1 Å². The van der Waals surface area contributed by atoms with Crippen LogP contribution in [0.5, 0.6) is 0 Å². The van der Waals surface area contributed by atoms with E-state index in [-0.39, 0.29) is 11.0 Å². The molecule has 1 aliphatic carbocycles. The van der Waals surface area contributed by atoms with Crippen LogP contribution in [0.1, 0.15) is 105 Å². The smallest absolute Gasteiger partial charge is 0.331 e. The van der Waals surface area contributed by atoms with E-state index in [0.29, 0.717) is 5.69 Å². The Bertz CT molecular complexity index is 2310. The van der Waals surface area contributed by atoms with Gasteiger partial charge in [0.25, 0.3) is 0 Å². The van der Waals surface area contributed by atoms with Crippen molar-refractivity contribution in [2.24, 2.45) is 0 Å². The molecule has 0 bridgehead atoms. The number of rotatable bonds is 11. The normalized spacial score (nSPS) is 14.5. The summed E-state index contributed by atoms with van der Waals surface area (Å²) in [4.78, 5) is 4.76. The van der Waals surface area contributed by atoms with Gasteiger partial charge in [0.2, 0.25) is 0 Å². The van der Waals surface area contributed by atoms with Crippen molar-refractivity contribution < 1.29 is 13.2 Å². The van der Waals surface area contributed by atoms with Gasteiger partial charge in [-0.15, -0.1) is 0 Å². The maximum Gasteiger partial charge on any atom is 0.416 e. The van der Waals surface area contributed by atoms with E-state index < -0.39 is 17.3 Å². The zero-order valence-corrected chi connectivity index (χ0v) is 34.9. The van der Waals surface area contributed by atoms with Crippen LogP contribution in [0.4, 0.5) is 35.9 Å². The van der Waals surface area contributed by atoms with Gasteiger partial charge in [0, 0.05) is 28.2 Å². The molecule has 0 fully saturated rings. The lowest BCUT2D eigenvalue weighted by molar-refractivity contribution is -0.137. The average Bonchev–Trinajstić information content (AvgIpc) is 3.43. The van der Waals surface area contributed by atoms with Crippen molar-refractivity contribution in [2.75, 3.05) is 9.80 Å². The molecule has 57 heavy (non-hydrogen) atoms. The molecule has 5 heteroatoms. The van der Waals surface area contributed by atoms with Crippen LogP contribution in [0.25, 0.3) is 11.1 Å². The fourth-order valence-electron chi connectivity index (χ4n) is 9.20. The van der Waals surface area contributed by atoms with E-state index in [1.807, 2.05) is 6.92 Å². The molecule has 0 spiro atoms. The third-order valence-electron chi connectivity index (χ3n) is 12.9. The van der Waals surface area contributed by atoms with Crippen molar-refractivity contribution in [1.29, 1.82) is 0 Å². The zero-order valence-electron chi connectivity index (χ0n) is 34.9. The van der Waals surface area contributed by atoms with Gasteiger partial charge in [-0.2, -0.15) is 13.2 Å². The Morgan fingerprint density at radius 1 is 0.456 bits per heavy atom.